The van der Waals surface area contributed by atoms with Gasteiger partial charge in [-0.15, -0.1) is 0 Å². The Kier molecular flexibility index (Phi) is 8.34. The van der Waals surface area contributed by atoms with Crippen molar-refractivity contribution in [1.29, 1.82) is 0 Å². The molecule has 0 aromatic heterocycles. The second-order valence-corrected chi connectivity index (χ2v) is 6.26. The smallest absolute Gasteiger partial charge is 0.407 e. The van der Waals surface area contributed by atoms with Crippen molar-refractivity contribution < 1.29 is 9.53 Å². The van der Waals surface area contributed by atoms with Crippen LogP contribution in [0.5, 0.6) is 0 Å². The van der Waals surface area contributed by atoms with E-state index < -0.39 is 0 Å². The first-order chi connectivity index (χ1) is 10.5. The predicted octanol–water partition coefficient (Wildman–Crippen LogP) is 4.93. The molecule has 0 fully saturated rings. The Labute approximate surface area is 134 Å². The van der Waals surface area contributed by atoms with Gasteiger partial charge in [-0.2, -0.15) is 0 Å². The predicted molar refractivity (Wildman–Crippen MR) is 91.6 cm³/mol. The molecule has 0 unspecified atom stereocenters. The fourth-order valence-corrected chi connectivity index (χ4v) is 2.14. The van der Waals surface area contributed by atoms with Crippen LogP contribution in [0.3, 0.4) is 0 Å². The van der Waals surface area contributed by atoms with Gasteiger partial charge < -0.3 is 10.1 Å². The molecule has 1 aromatic carbocycles. The summed E-state index contributed by atoms with van der Waals surface area (Å²) in [4.78, 5) is 11.7. The van der Waals surface area contributed by atoms with E-state index >= 15 is 0 Å². The zero-order chi connectivity index (χ0) is 16.4. The van der Waals surface area contributed by atoms with Crippen molar-refractivity contribution in [2.45, 2.75) is 47.1 Å². The van der Waals surface area contributed by atoms with Crippen LogP contribution in [-0.2, 0) is 11.3 Å². The molecule has 3 heteroatoms. The van der Waals surface area contributed by atoms with Crippen LogP contribution >= 0.6 is 0 Å². The van der Waals surface area contributed by atoms with E-state index in [4.69, 9.17) is 4.74 Å². The van der Waals surface area contributed by atoms with Gasteiger partial charge in [0.25, 0.3) is 0 Å². The number of carbonyl (C=O) groups is 1. The molecular formula is C19H29NO2. The van der Waals surface area contributed by atoms with Crippen LogP contribution in [-0.4, -0.2) is 12.6 Å². The highest BCUT2D eigenvalue weighted by molar-refractivity contribution is 5.67. The summed E-state index contributed by atoms with van der Waals surface area (Å²) in [7, 11) is 0. The van der Waals surface area contributed by atoms with Gasteiger partial charge in [0.2, 0.25) is 0 Å². The average molecular weight is 303 g/mol. The summed E-state index contributed by atoms with van der Waals surface area (Å²) in [6.07, 6.45) is 4.18. The van der Waals surface area contributed by atoms with Gasteiger partial charge in [-0.25, -0.2) is 4.79 Å². The monoisotopic (exact) mass is 303 g/mol. The van der Waals surface area contributed by atoms with Crippen LogP contribution in [0.2, 0.25) is 0 Å². The quantitative estimate of drug-likeness (QED) is 0.691. The fraction of sp³-hybridized carbons (Fsp3) is 0.526. The maximum Gasteiger partial charge on any atom is 0.407 e. The Morgan fingerprint density at radius 2 is 1.86 bits per heavy atom. The largest absolute Gasteiger partial charge is 0.445 e. The zero-order valence-corrected chi connectivity index (χ0v) is 14.3. The molecule has 2 atom stereocenters. The van der Waals surface area contributed by atoms with Crippen molar-refractivity contribution >= 4 is 6.09 Å². The number of nitrogens with one attached hydrogen (secondary N) is 1. The van der Waals surface area contributed by atoms with Crippen molar-refractivity contribution in [3.8, 4) is 0 Å². The number of benzene rings is 1. The van der Waals surface area contributed by atoms with E-state index in [0.29, 0.717) is 25.0 Å². The lowest BCUT2D eigenvalue weighted by Crippen LogP contribution is -2.31. The topological polar surface area (TPSA) is 38.3 Å². The first-order valence-corrected chi connectivity index (χ1v) is 8.07. The standard InChI is InChI=1S/C19H29NO2/c1-15(2)9-8-10-16(3)17(4)13-20-19(21)22-14-18-11-6-5-7-12-18/h5-7,9,11-12,16-17H,8,10,13-14H2,1-4H3,(H,20,21)/t16-,17-/m0/s1. The van der Waals surface area contributed by atoms with Crippen molar-refractivity contribution in [2.24, 2.45) is 11.8 Å². The summed E-state index contributed by atoms with van der Waals surface area (Å²) < 4.78 is 5.21. The van der Waals surface area contributed by atoms with Gasteiger partial charge in [-0.3, -0.25) is 0 Å². The Balaban J connectivity index is 2.21. The first kappa shape index (κ1) is 18.3. The Morgan fingerprint density at radius 1 is 1.18 bits per heavy atom. The third-order valence-electron chi connectivity index (χ3n) is 3.93. The number of carbonyl (C=O) groups excluding carboxylic acids is 1. The number of ether oxygens (including phenoxy) is 1. The van der Waals surface area contributed by atoms with Crippen LogP contribution in [0.4, 0.5) is 4.79 Å². The number of hydrogen-bond donors (Lipinski definition) is 1. The third kappa shape index (κ3) is 7.87. The number of amides is 1. The van der Waals surface area contributed by atoms with Crippen LogP contribution in [0.25, 0.3) is 0 Å². The van der Waals surface area contributed by atoms with E-state index in [0.717, 1.165) is 18.4 Å². The molecule has 0 aliphatic carbocycles. The van der Waals surface area contributed by atoms with Crippen molar-refractivity contribution in [2.75, 3.05) is 6.54 Å². The van der Waals surface area contributed by atoms with Crippen LogP contribution in [0.15, 0.2) is 42.0 Å². The van der Waals surface area contributed by atoms with Gasteiger partial charge in [0.15, 0.2) is 0 Å². The lowest BCUT2D eigenvalue weighted by atomic mass is 9.91. The normalized spacial score (nSPS) is 13.1. The molecule has 0 heterocycles. The summed E-state index contributed by atoms with van der Waals surface area (Å²) in [5.74, 6) is 1.01. The molecule has 0 saturated heterocycles. The van der Waals surface area contributed by atoms with E-state index in [1.165, 1.54) is 5.57 Å². The molecule has 1 aromatic rings. The summed E-state index contributed by atoms with van der Waals surface area (Å²) in [5, 5.41) is 2.86. The Morgan fingerprint density at radius 3 is 2.50 bits per heavy atom. The van der Waals surface area contributed by atoms with Crippen molar-refractivity contribution in [3.05, 3.63) is 47.5 Å². The van der Waals surface area contributed by atoms with Gasteiger partial charge in [-0.1, -0.05) is 55.8 Å². The van der Waals surface area contributed by atoms with Crippen LogP contribution in [0.1, 0.15) is 46.1 Å². The molecule has 22 heavy (non-hydrogen) atoms. The van der Waals surface area contributed by atoms with E-state index in [-0.39, 0.29) is 6.09 Å². The van der Waals surface area contributed by atoms with Gasteiger partial charge in [0, 0.05) is 6.54 Å². The number of rotatable bonds is 8. The lowest BCUT2D eigenvalue weighted by Gasteiger charge is -2.19. The summed E-state index contributed by atoms with van der Waals surface area (Å²) in [5.41, 5.74) is 2.36. The fourth-order valence-electron chi connectivity index (χ4n) is 2.14. The van der Waals surface area contributed by atoms with Gasteiger partial charge in [-0.05, 0) is 44.1 Å². The molecule has 0 spiro atoms. The molecule has 0 saturated carbocycles. The van der Waals surface area contributed by atoms with Crippen LogP contribution in [0, 0.1) is 11.8 Å². The van der Waals surface area contributed by atoms with Gasteiger partial charge in [0.1, 0.15) is 6.61 Å². The molecule has 1 rings (SSSR count). The zero-order valence-electron chi connectivity index (χ0n) is 14.3. The summed E-state index contributed by atoms with van der Waals surface area (Å²) >= 11 is 0. The molecule has 0 aliphatic rings. The van der Waals surface area contributed by atoms with Gasteiger partial charge in [0.05, 0.1) is 0 Å². The minimum atomic E-state index is -0.341. The second kappa shape index (κ2) is 10.0. The maximum atomic E-state index is 11.7. The van der Waals surface area contributed by atoms with E-state index in [1.807, 2.05) is 30.3 Å². The van der Waals surface area contributed by atoms with Gasteiger partial charge >= 0.3 is 6.09 Å². The highest BCUT2D eigenvalue weighted by atomic mass is 16.5. The molecular weight excluding hydrogens is 274 g/mol. The molecule has 122 valence electrons. The molecule has 1 N–H and O–H groups in total. The minimum Gasteiger partial charge on any atom is -0.445 e. The molecule has 0 radical (unpaired) electrons. The third-order valence-corrected chi connectivity index (χ3v) is 3.93. The summed E-state index contributed by atoms with van der Waals surface area (Å²) in [6, 6.07) is 9.71. The van der Waals surface area contributed by atoms with Crippen molar-refractivity contribution in [1.82, 2.24) is 5.32 Å². The Bertz CT molecular complexity index is 464. The van der Waals surface area contributed by atoms with E-state index in [1.54, 1.807) is 0 Å². The average Bonchev–Trinajstić information content (AvgIpc) is 2.51. The maximum absolute atomic E-state index is 11.7. The number of hydrogen-bond acceptors (Lipinski definition) is 2. The molecule has 0 bridgehead atoms. The van der Waals surface area contributed by atoms with Crippen LogP contribution < -0.4 is 5.32 Å². The SMILES string of the molecule is CC(C)=CCC[C@H](C)[C@@H](C)CNC(=O)OCc1ccccc1. The highest BCUT2D eigenvalue weighted by Crippen LogP contribution is 2.17. The number of alkyl carbamates (subject to hydrolysis) is 1. The molecule has 3 nitrogen and oxygen atoms in total. The van der Waals surface area contributed by atoms with E-state index in [2.05, 4.69) is 39.1 Å². The summed E-state index contributed by atoms with van der Waals surface area (Å²) in [6.45, 7) is 9.63. The molecule has 1 amide bonds. The minimum absolute atomic E-state index is 0.317. The second-order valence-electron chi connectivity index (χ2n) is 6.26. The Hall–Kier alpha value is -1.77. The van der Waals surface area contributed by atoms with Crippen molar-refractivity contribution in [3.63, 3.8) is 0 Å². The van der Waals surface area contributed by atoms with E-state index in [9.17, 15) is 4.79 Å². The highest BCUT2D eigenvalue weighted by Gasteiger charge is 2.13. The first-order valence-electron chi connectivity index (χ1n) is 8.07. The lowest BCUT2D eigenvalue weighted by molar-refractivity contribution is 0.137. The molecule has 0 aliphatic heterocycles. The number of allylic oxidation sites excluding steroid dienone is 2.